The summed E-state index contributed by atoms with van der Waals surface area (Å²) in [5, 5.41) is 14.6. The number of nitro groups is 1. The van der Waals surface area contributed by atoms with Gasteiger partial charge in [-0.3, -0.25) is 14.9 Å². The van der Waals surface area contributed by atoms with Crippen LogP contribution in [0.15, 0.2) is 65.0 Å². The van der Waals surface area contributed by atoms with Crippen LogP contribution in [-0.2, 0) is 14.3 Å². The fourth-order valence-electron chi connectivity index (χ4n) is 5.09. The Hall–Kier alpha value is -4.14. The molecule has 200 valence electrons. The number of esters is 1. The van der Waals surface area contributed by atoms with Crippen LogP contribution < -0.4 is 14.8 Å². The fraction of sp³-hybridized carbons (Fsp3) is 0.379. The molecule has 2 aromatic carbocycles. The first-order valence-electron chi connectivity index (χ1n) is 12.5. The average Bonchev–Trinajstić information content (AvgIpc) is 2.90. The zero-order chi connectivity index (χ0) is 27.6. The second kappa shape index (κ2) is 11.1. The minimum atomic E-state index is -0.689. The Kier molecular flexibility index (Phi) is 7.85. The number of Topliss-reactive ketones (excluding diaryl/α,β-unsaturated/α-hetero) is 1. The molecule has 0 amide bonds. The van der Waals surface area contributed by atoms with Crippen molar-refractivity contribution in [2.45, 2.75) is 45.4 Å². The van der Waals surface area contributed by atoms with Crippen molar-refractivity contribution >= 4 is 17.4 Å². The third-order valence-corrected chi connectivity index (χ3v) is 6.91. The number of carbonyl (C=O) groups is 2. The molecule has 1 N–H and O–H groups in total. The highest BCUT2D eigenvalue weighted by Gasteiger charge is 2.41. The number of methoxy groups -OCH3 is 2. The molecule has 2 aromatic rings. The lowest BCUT2D eigenvalue weighted by Crippen LogP contribution is -2.36. The van der Waals surface area contributed by atoms with Gasteiger partial charge in [0, 0.05) is 41.4 Å². The molecule has 2 atom stereocenters. The van der Waals surface area contributed by atoms with Crippen molar-refractivity contribution in [3.63, 3.8) is 0 Å². The van der Waals surface area contributed by atoms with Crippen LogP contribution in [-0.4, -0.2) is 37.5 Å². The Bertz CT molecular complexity index is 1320. The molecule has 0 aromatic heterocycles. The SMILES string of the molecule is COc1ccc([C@@H]2CC(=O)C3=C(C2)NC(C)=C(C(=O)OCC(C)C)[C@H]3c2ccc([N+](=O)[O-])cc2)cc1OC. The zero-order valence-electron chi connectivity index (χ0n) is 22.2. The third kappa shape index (κ3) is 5.27. The maximum absolute atomic E-state index is 13.8. The molecule has 0 saturated carbocycles. The van der Waals surface area contributed by atoms with E-state index in [2.05, 4.69) is 5.32 Å². The molecule has 0 unspecified atom stereocenters. The summed E-state index contributed by atoms with van der Waals surface area (Å²) in [6, 6.07) is 11.6. The highest BCUT2D eigenvalue weighted by atomic mass is 16.6. The zero-order valence-corrected chi connectivity index (χ0v) is 22.2. The topological polar surface area (TPSA) is 117 Å². The highest BCUT2D eigenvalue weighted by molar-refractivity contribution is 6.04. The largest absolute Gasteiger partial charge is 0.493 e. The number of allylic oxidation sites excluding steroid dienone is 3. The lowest BCUT2D eigenvalue weighted by molar-refractivity contribution is -0.384. The number of non-ortho nitro benzene ring substituents is 1. The molecule has 0 bridgehead atoms. The summed E-state index contributed by atoms with van der Waals surface area (Å²) in [6.45, 7) is 5.92. The summed E-state index contributed by atoms with van der Waals surface area (Å²) >= 11 is 0. The molecule has 0 fully saturated rings. The van der Waals surface area contributed by atoms with Crippen molar-refractivity contribution in [2.24, 2.45) is 5.92 Å². The number of rotatable bonds is 8. The monoisotopic (exact) mass is 520 g/mol. The smallest absolute Gasteiger partial charge is 0.336 e. The van der Waals surface area contributed by atoms with E-state index in [-0.39, 0.29) is 36.3 Å². The Labute approximate surface area is 221 Å². The summed E-state index contributed by atoms with van der Waals surface area (Å²) in [7, 11) is 3.14. The van der Waals surface area contributed by atoms with E-state index in [9.17, 15) is 19.7 Å². The van der Waals surface area contributed by atoms with Gasteiger partial charge in [-0.2, -0.15) is 0 Å². The molecule has 0 saturated heterocycles. The van der Waals surface area contributed by atoms with E-state index in [0.29, 0.717) is 40.3 Å². The standard InChI is InChI=1S/C29H32N2O7/c1-16(2)15-38-29(33)26-17(3)30-22-12-20(19-8-11-24(36-4)25(14-19)37-5)13-23(32)28(22)27(26)18-6-9-21(10-7-18)31(34)35/h6-11,14,16,20,27,30H,12-13,15H2,1-5H3/t20-,27+/m0/s1. The predicted molar refractivity (Wildman–Crippen MR) is 141 cm³/mol. The van der Waals surface area contributed by atoms with E-state index in [0.717, 1.165) is 11.3 Å². The molecule has 4 rings (SSSR count). The van der Waals surface area contributed by atoms with Gasteiger partial charge in [-0.15, -0.1) is 0 Å². The molecule has 9 heteroatoms. The molecule has 1 aliphatic heterocycles. The summed E-state index contributed by atoms with van der Waals surface area (Å²) in [6.07, 6.45) is 0.790. The van der Waals surface area contributed by atoms with Gasteiger partial charge >= 0.3 is 5.97 Å². The van der Waals surface area contributed by atoms with Gasteiger partial charge in [-0.1, -0.05) is 32.0 Å². The van der Waals surface area contributed by atoms with Crippen LogP contribution in [0.25, 0.3) is 0 Å². The van der Waals surface area contributed by atoms with Gasteiger partial charge in [0.1, 0.15) is 0 Å². The van der Waals surface area contributed by atoms with Gasteiger partial charge in [-0.25, -0.2) is 4.79 Å². The number of nitrogens with one attached hydrogen (secondary N) is 1. The maximum atomic E-state index is 13.8. The van der Waals surface area contributed by atoms with Gasteiger partial charge in [0.25, 0.3) is 5.69 Å². The van der Waals surface area contributed by atoms with Crippen molar-refractivity contribution in [1.29, 1.82) is 0 Å². The maximum Gasteiger partial charge on any atom is 0.336 e. The van der Waals surface area contributed by atoms with Gasteiger partial charge in [0.2, 0.25) is 0 Å². The first-order chi connectivity index (χ1) is 18.1. The van der Waals surface area contributed by atoms with Crippen molar-refractivity contribution in [2.75, 3.05) is 20.8 Å². The fourth-order valence-corrected chi connectivity index (χ4v) is 5.09. The number of hydrogen-bond acceptors (Lipinski definition) is 8. The minimum Gasteiger partial charge on any atom is -0.493 e. The molecule has 38 heavy (non-hydrogen) atoms. The average molecular weight is 521 g/mol. The van der Waals surface area contributed by atoms with Crippen LogP contribution in [0.2, 0.25) is 0 Å². The highest BCUT2D eigenvalue weighted by Crippen LogP contribution is 2.46. The number of carbonyl (C=O) groups excluding carboxylic acids is 2. The Morgan fingerprint density at radius 1 is 1.05 bits per heavy atom. The Morgan fingerprint density at radius 2 is 1.71 bits per heavy atom. The molecule has 2 aliphatic rings. The predicted octanol–water partition coefficient (Wildman–Crippen LogP) is 5.17. The first kappa shape index (κ1) is 26.9. The number of benzene rings is 2. The lowest BCUT2D eigenvalue weighted by atomic mass is 9.71. The second-order valence-electron chi connectivity index (χ2n) is 9.97. The molecular weight excluding hydrogens is 488 g/mol. The molecule has 0 spiro atoms. The summed E-state index contributed by atoms with van der Waals surface area (Å²) in [4.78, 5) is 37.8. The van der Waals surface area contributed by atoms with E-state index in [1.807, 2.05) is 32.0 Å². The molecule has 9 nitrogen and oxygen atoms in total. The van der Waals surface area contributed by atoms with Crippen LogP contribution in [0.5, 0.6) is 11.5 Å². The normalized spacial score (nSPS) is 19.2. The van der Waals surface area contributed by atoms with Crippen molar-refractivity contribution in [3.8, 4) is 11.5 Å². The Balaban J connectivity index is 1.76. The van der Waals surface area contributed by atoms with E-state index in [1.54, 1.807) is 33.3 Å². The summed E-state index contributed by atoms with van der Waals surface area (Å²) in [5.41, 5.74) is 3.68. The first-order valence-corrected chi connectivity index (χ1v) is 12.5. The van der Waals surface area contributed by atoms with Gasteiger partial charge < -0.3 is 19.5 Å². The third-order valence-electron chi connectivity index (χ3n) is 6.91. The number of dihydropyridines is 1. The van der Waals surface area contributed by atoms with E-state index in [4.69, 9.17) is 14.2 Å². The van der Waals surface area contributed by atoms with Crippen LogP contribution in [0.3, 0.4) is 0 Å². The number of nitrogens with zero attached hydrogens (tertiary/aromatic N) is 1. The van der Waals surface area contributed by atoms with E-state index >= 15 is 0 Å². The van der Waals surface area contributed by atoms with Crippen LogP contribution in [0.1, 0.15) is 56.6 Å². The molecular formula is C29H32N2O7. The van der Waals surface area contributed by atoms with Crippen molar-refractivity contribution in [3.05, 3.63) is 86.2 Å². The second-order valence-corrected chi connectivity index (χ2v) is 9.97. The van der Waals surface area contributed by atoms with E-state index < -0.39 is 16.8 Å². The van der Waals surface area contributed by atoms with Crippen molar-refractivity contribution in [1.82, 2.24) is 5.32 Å². The summed E-state index contributed by atoms with van der Waals surface area (Å²) < 4.78 is 16.4. The number of nitro benzene ring substituents is 1. The minimum absolute atomic E-state index is 0.0648. The van der Waals surface area contributed by atoms with Crippen LogP contribution in [0.4, 0.5) is 5.69 Å². The molecule has 1 heterocycles. The lowest BCUT2D eigenvalue weighted by Gasteiger charge is -2.36. The van der Waals surface area contributed by atoms with Crippen LogP contribution in [0, 0.1) is 16.0 Å². The number of ether oxygens (including phenoxy) is 3. The van der Waals surface area contributed by atoms with Gasteiger partial charge in [-0.05, 0) is 48.4 Å². The van der Waals surface area contributed by atoms with Crippen LogP contribution >= 0.6 is 0 Å². The Morgan fingerprint density at radius 3 is 2.32 bits per heavy atom. The van der Waals surface area contributed by atoms with Gasteiger partial charge in [0.15, 0.2) is 17.3 Å². The van der Waals surface area contributed by atoms with Gasteiger partial charge in [0.05, 0.1) is 31.3 Å². The summed E-state index contributed by atoms with van der Waals surface area (Å²) in [5.74, 6) is -0.0575. The number of hydrogen-bond donors (Lipinski definition) is 1. The molecule has 1 aliphatic carbocycles. The quantitative estimate of drug-likeness (QED) is 0.288. The number of ketones is 1. The van der Waals surface area contributed by atoms with E-state index in [1.165, 1.54) is 12.1 Å². The molecule has 0 radical (unpaired) electrons. The van der Waals surface area contributed by atoms with Crippen molar-refractivity contribution < 1.29 is 28.7 Å².